The Hall–Kier alpha value is -3.22. The molecule has 0 unspecified atom stereocenters. The number of carbonyl (C=O) groups is 6. The van der Waals surface area contributed by atoms with Crippen molar-refractivity contribution in [1.82, 2.24) is 21.3 Å². The summed E-state index contributed by atoms with van der Waals surface area (Å²) in [6, 6.07) is -5.27. The Labute approximate surface area is 173 Å². The zero-order valence-electron chi connectivity index (χ0n) is 17.4. The summed E-state index contributed by atoms with van der Waals surface area (Å²) in [5.74, 6) is -4.75. The molecule has 5 amide bonds. The van der Waals surface area contributed by atoms with E-state index < -0.39 is 65.7 Å². The minimum absolute atomic E-state index is 0.200. The van der Waals surface area contributed by atoms with E-state index in [-0.39, 0.29) is 12.8 Å². The van der Waals surface area contributed by atoms with Crippen molar-refractivity contribution in [2.45, 2.75) is 70.7 Å². The van der Waals surface area contributed by atoms with Gasteiger partial charge in [-0.05, 0) is 34.1 Å². The first-order valence-corrected chi connectivity index (χ1v) is 9.24. The molecule has 0 aliphatic rings. The smallest absolute Gasteiger partial charge is 0.326 e. The number of carboxylic acid groups (broad SMARTS) is 1. The average Bonchev–Trinajstić information content (AvgIpc) is 2.63. The van der Waals surface area contributed by atoms with E-state index in [4.69, 9.17) is 16.6 Å². The molecule has 0 aromatic heterocycles. The normalized spacial score (nSPS) is 15.5. The van der Waals surface area contributed by atoms with Gasteiger partial charge in [0.05, 0.1) is 6.04 Å². The molecule has 0 radical (unpaired) electrons. The first-order valence-electron chi connectivity index (χ1n) is 9.24. The molecular weight excluding hydrogens is 400 g/mol. The van der Waals surface area contributed by atoms with E-state index in [9.17, 15) is 28.8 Å². The SMILES string of the molecule is C[C@H](N)C(=O)N[C@@H](C)C(=O)N[C@@H](C)C(=O)N[C@@H](C)C(=O)N[C@@H](CCC(N)=O)C(=O)O. The summed E-state index contributed by atoms with van der Waals surface area (Å²) in [6.45, 7) is 5.55. The molecule has 13 heteroatoms. The maximum Gasteiger partial charge on any atom is 0.326 e. The molecular formula is C17H30N6O7. The fraction of sp³-hybridized carbons (Fsp3) is 0.647. The first-order chi connectivity index (χ1) is 13.8. The van der Waals surface area contributed by atoms with Crippen molar-refractivity contribution in [3.05, 3.63) is 0 Å². The Morgan fingerprint density at radius 1 is 0.733 bits per heavy atom. The summed E-state index contributed by atoms with van der Waals surface area (Å²) in [6.07, 6.45) is -0.437. The number of nitrogens with one attached hydrogen (secondary N) is 4. The molecule has 0 spiro atoms. The third kappa shape index (κ3) is 9.82. The van der Waals surface area contributed by atoms with Crippen LogP contribution in [0.2, 0.25) is 0 Å². The van der Waals surface area contributed by atoms with Crippen molar-refractivity contribution in [2.75, 3.05) is 0 Å². The lowest BCUT2D eigenvalue weighted by Crippen LogP contribution is -2.56. The van der Waals surface area contributed by atoms with Crippen LogP contribution in [0.3, 0.4) is 0 Å². The summed E-state index contributed by atoms with van der Waals surface area (Å²) >= 11 is 0. The fourth-order valence-corrected chi connectivity index (χ4v) is 2.06. The van der Waals surface area contributed by atoms with E-state index in [1.807, 2.05) is 0 Å². The van der Waals surface area contributed by atoms with Crippen LogP contribution in [0.5, 0.6) is 0 Å². The van der Waals surface area contributed by atoms with Crippen molar-refractivity contribution < 1.29 is 33.9 Å². The van der Waals surface area contributed by atoms with Gasteiger partial charge in [0.15, 0.2) is 0 Å². The zero-order valence-corrected chi connectivity index (χ0v) is 17.4. The van der Waals surface area contributed by atoms with Gasteiger partial charge in [0.1, 0.15) is 24.2 Å². The number of carbonyl (C=O) groups excluding carboxylic acids is 5. The van der Waals surface area contributed by atoms with Gasteiger partial charge < -0.3 is 37.8 Å². The monoisotopic (exact) mass is 430 g/mol. The molecule has 0 aliphatic heterocycles. The van der Waals surface area contributed by atoms with Crippen LogP contribution < -0.4 is 32.7 Å². The summed E-state index contributed by atoms with van der Waals surface area (Å²) in [5, 5.41) is 18.4. The number of primary amides is 1. The summed E-state index contributed by atoms with van der Waals surface area (Å²) in [7, 11) is 0. The van der Waals surface area contributed by atoms with Gasteiger partial charge >= 0.3 is 5.97 Å². The highest BCUT2D eigenvalue weighted by Crippen LogP contribution is 1.99. The van der Waals surface area contributed by atoms with Gasteiger partial charge in [-0.25, -0.2) is 4.79 Å². The molecule has 0 saturated heterocycles. The lowest BCUT2D eigenvalue weighted by atomic mass is 10.1. The highest BCUT2D eigenvalue weighted by Gasteiger charge is 2.27. The predicted octanol–water partition coefficient (Wildman–Crippen LogP) is -3.32. The molecule has 0 aliphatic carbocycles. The lowest BCUT2D eigenvalue weighted by molar-refractivity contribution is -0.142. The largest absolute Gasteiger partial charge is 0.480 e. The first kappa shape index (κ1) is 26.8. The second kappa shape index (κ2) is 12.4. The summed E-state index contributed by atoms with van der Waals surface area (Å²) in [5.41, 5.74) is 10.4. The van der Waals surface area contributed by atoms with Crippen LogP contribution >= 0.6 is 0 Å². The van der Waals surface area contributed by atoms with Gasteiger partial charge in [0, 0.05) is 6.42 Å². The molecule has 0 heterocycles. The molecule has 0 bridgehead atoms. The van der Waals surface area contributed by atoms with E-state index >= 15 is 0 Å². The fourth-order valence-electron chi connectivity index (χ4n) is 2.06. The van der Waals surface area contributed by atoms with Gasteiger partial charge in [-0.3, -0.25) is 24.0 Å². The minimum atomic E-state index is -1.36. The van der Waals surface area contributed by atoms with E-state index in [0.29, 0.717) is 0 Å². The average molecular weight is 430 g/mol. The molecule has 30 heavy (non-hydrogen) atoms. The van der Waals surface area contributed by atoms with Crippen molar-refractivity contribution in [3.8, 4) is 0 Å². The molecule has 9 N–H and O–H groups in total. The van der Waals surface area contributed by atoms with Gasteiger partial charge in [-0.15, -0.1) is 0 Å². The van der Waals surface area contributed by atoms with Crippen LogP contribution in [0, 0.1) is 0 Å². The van der Waals surface area contributed by atoms with Crippen LogP contribution in [0.25, 0.3) is 0 Å². The Morgan fingerprint density at radius 3 is 1.43 bits per heavy atom. The highest BCUT2D eigenvalue weighted by molar-refractivity contribution is 5.94. The van der Waals surface area contributed by atoms with Crippen LogP contribution in [-0.2, 0) is 28.8 Å². The Bertz CT molecular complexity index is 682. The van der Waals surface area contributed by atoms with Crippen LogP contribution in [0.4, 0.5) is 0 Å². The van der Waals surface area contributed by atoms with Crippen LogP contribution in [0.1, 0.15) is 40.5 Å². The number of rotatable bonds is 12. The number of hydrogen-bond acceptors (Lipinski definition) is 7. The van der Waals surface area contributed by atoms with Crippen molar-refractivity contribution in [2.24, 2.45) is 11.5 Å². The maximum absolute atomic E-state index is 12.2. The van der Waals surface area contributed by atoms with E-state index in [2.05, 4.69) is 21.3 Å². The number of amides is 5. The topological polar surface area (TPSA) is 223 Å². The third-order valence-electron chi connectivity index (χ3n) is 3.96. The second-order valence-electron chi connectivity index (χ2n) is 6.88. The minimum Gasteiger partial charge on any atom is -0.480 e. The highest BCUT2D eigenvalue weighted by atomic mass is 16.4. The van der Waals surface area contributed by atoms with E-state index in [1.54, 1.807) is 0 Å². The molecule has 0 rings (SSSR count). The molecule has 5 atom stereocenters. The molecule has 0 saturated carbocycles. The van der Waals surface area contributed by atoms with Crippen molar-refractivity contribution in [3.63, 3.8) is 0 Å². The number of hydrogen-bond donors (Lipinski definition) is 7. The molecule has 0 fully saturated rings. The Morgan fingerprint density at radius 2 is 1.10 bits per heavy atom. The van der Waals surface area contributed by atoms with Crippen LogP contribution in [-0.4, -0.2) is 70.8 Å². The van der Waals surface area contributed by atoms with Gasteiger partial charge in [-0.1, -0.05) is 0 Å². The van der Waals surface area contributed by atoms with Gasteiger partial charge in [0.2, 0.25) is 29.5 Å². The van der Waals surface area contributed by atoms with Crippen molar-refractivity contribution in [1.29, 1.82) is 0 Å². The molecule has 0 aromatic rings. The number of aliphatic carboxylic acids is 1. The van der Waals surface area contributed by atoms with Gasteiger partial charge in [-0.2, -0.15) is 0 Å². The quantitative estimate of drug-likeness (QED) is 0.165. The molecule has 0 aromatic carbocycles. The van der Waals surface area contributed by atoms with Crippen molar-refractivity contribution >= 4 is 35.5 Å². The zero-order chi connectivity index (χ0) is 23.6. The predicted molar refractivity (Wildman–Crippen MR) is 104 cm³/mol. The number of nitrogens with two attached hydrogens (primary N) is 2. The van der Waals surface area contributed by atoms with E-state index in [0.717, 1.165) is 0 Å². The van der Waals surface area contributed by atoms with Crippen LogP contribution in [0.15, 0.2) is 0 Å². The lowest BCUT2D eigenvalue weighted by Gasteiger charge is -2.22. The Kier molecular flexibility index (Phi) is 11.0. The van der Waals surface area contributed by atoms with E-state index in [1.165, 1.54) is 27.7 Å². The summed E-state index contributed by atoms with van der Waals surface area (Å²) in [4.78, 5) is 69.8. The maximum atomic E-state index is 12.2. The van der Waals surface area contributed by atoms with Gasteiger partial charge in [0.25, 0.3) is 0 Å². The number of carboxylic acids is 1. The molecule has 170 valence electrons. The molecule has 13 nitrogen and oxygen atoms in total. The second-order valence-corrected chi connectivity index (χ2v) is 6.88. The third-order valence-corrected chi connectivity index (χ3v) is 3.96. The Balaban J connectivity index is 4.69. The standard InChI is InChI=1S/C17H30N6O7/c1-7(18)13(25)20-8(2)14(26)21-9(3)15(27)22-10(4)16(28)23-11(17(29)30)5-6-12(19)24/h7-11H,5-6,18H2,1-4H3,(H2,19,24)(H,20,25)(H,21,26)(H,22,27)(H,23,28)(H,29,30)/t7-,8-,9-,10-,11-/m0/s1. The summed E-state index contributed by atoms with van der Waals surface area (Å²) < 4.78 is 0.